The zero-order valence-electron chi connectivity index (χ0n) is 46.9. The number of carbonyl (C=O) groups excluding carboxylic acids is 7. The summed E-state index contributed by atoms with van der Waals surface area (Å²) in [6.07, 6.45) is -2.60. The van der Waals surface area contributed by atoms with Gasteiger partial charge in [-0.15, -0.1) is 0 Å². The minimum Gasteiger partial charge on any atom is -0.508 e. The Labute approximate surface area is 459 Å². The van der Waals surface area contributed by atoms with Crippen molar-refractivity contribution in [1.82, 2.24) is 36.4 Å². The van der Waals surface area contributed by atoms with Gasteiger partial charge in [0.05, 0.1) is 30.5 Å². The Morgan fingerprint density at radius 2 is 1.33 bits per heavy atom. The number of nitrogens with two attached hydrogens (primary N) is 1. The predicted molar refractivity (Wildman–Crippen MR) is 290 cm³/mol. The number of hydrogen-bond acceptors (Lipinski definition) is 17. The number of nitrogens with one attached hydrogen (secondary N) is 5. The first-order chi connectivity index (χ1) is 36.9. The van der Waals surface area contributed by atoms with Gasteiger partial charge in [0.1, 0.15) is 54.2 Å². The van der Waals surface area contributed by atoms with Crippen molar-refractivity contribution in [3.05, 3.63) is 29.8 Å². The molecule has 6 amide bonds. The number of aliphatic hydroxyl groups excluding tert-OH is 7. The molecule has 16 atom stereocenters. The Bertz CT molecular complexity index is 2050. The molecule has 2 fully saturated rings. The summed E-state index contributed by atoms with van der Waals surface area (Å²) in [5, 5.41) is 101. The smallest absolute Gasteiger partial charge is 0.248 e. The maximum atomic E-state index is 14.5. The number of aromatic hydroxyl groups is 1. The third-order valence-corrected chi connectivity index (χ3v) is 15.2. The van der Waals surface area contributed by atoms with Crippen LogP contribution in [0.15, 0.2) is 24.3 Å². The second-order valence-electron chi connectivity index (χ2n) is 21.9. The molecular weight excluding hydrogens is 1010 g/mol. The predicted octanol–water partition coefficient (Wildman–Crippen LogP) is -0.339. The Morgan fingerprint density at radius 3 is 1.94 bits per heavy atom. The van der Waals surface area contributed by atoms with Gasteiger partial charge in [-0.05, 0) is 76.0 Å². The van der Waals surface area contributed by atoms with Crippen LogP contribution in [0.5, 0.6) is 5.75 Å². The van der Waals surface area contributed by atoms with E-state index in [1.807, 2.05) is 0 Å². The van der Waals surface area contributed by atoms with Crippen LogP contribution < -0.4 is 32.3 Å². The quantitative estimate of drug-likeness (QED) is 0.0387. The van der Waals surface area contributed by atoms with Crippen LogP contribution in [0.4, 0.5) is 0 Å². The lowest BCUT2D eigenvalue weighted by Gasteiger charge is -2.34. The van der Waals surface area contributed by atoms with Crippen molar-refractivity contribution in [3.8, 4) is 5.75 Å². The van der Waals surface area contributed by atoms with E-state index in [0.29, 0.717) is 31.2 Å². The van der Waals surface area contributed by atoms with E-state index in [2.05, 4.69) is 47.4 Å². The lowest BCUT2D eigenvalue weighted by atomic mass is 9.91. The van der Waals surface area contributed by atoms with Crippen molar-refractivity contribution in [2.24, 2.45) is 17.6 Å². The normalized spacial score (nSPS) is 22.1. The molecule has 2 saturated heterocycles. The molecule has 0 radical (unpaired) electrons. The van der Waals surface area contributed by atoms with Crippen LogP contribution in [-0.2, 0) is 33.6 Å². The first kappa shape index (κ1) is 67.4. The number of phenolic OH excluding ortho intramolecular Hbond substituents is 1. The number of benzene rings is 1. The summed E-state index contributed by atoms with van der Waals surface area (Å²) in [4.78, 5) is 99.4. The van der Waals surface area contributed by atoms with Gasteiger partial charge in [-0.2, -0.15) is 0 Å². The van der Waals surface area contributed by atoms with Gasteiger partial charge in [-0.1, -0.05) is 91.2 Å². The van der Waals surface area contributed by atoms with Gasteiger partial charge < -0.3 is 83.0 Å². The number of rotatable bonds is 35. The van der Waals surface area contributed by atoms with Gasteiger partial charge in [0, 0.05) is 51.5 Å². The molecule has 444 valence electrons. The lowest BCUT2D eigenvalue weighted by molar-refractivity contribution is -0.147. The average Bonchev–Trinajstić information content (AvgIpc) is 4.01. The Morgan fingerprint density at radius 1 is 0.718 bits per heavy atom. The molecule has 1 aromatic rings. The minimum absolute atomic E-state index is 0.0183. The molecular formula is C55H94N8O15. The monoisotopic (exact) mass is 1110 g/mol. The van der Waals surface area contributed by atoms with Crippen molar-refractivity contribution < 1.29 is 74.4 Å². The molecule has 15 N–H and O–H groups in total. The molecule has 23 nitrogen and oxygen atoms in total. The van der Waals surface area contributed by atoms with E-state index < -0.39 is 139 Å². The van der Waals surface area contributed by atoms with Crippen LogP contribution >= 0.6 is 0 Å². The zero-order chi connectivity index (χ0) is 58.4. The van der Waals surface area contributed by atoms with Gasteiger partial charge in [-0.25, -0.2) is 0 Å². The van der Waals surface area contributed by atoms with Crippen molar-refractivity contribution in [2.45, 2.75) is 230 Å². The number of likely N-dealkylation sites (tertiary alicyclic amines) is 2. The number of amides is 6. The standard InChI is InChI=1S/C55H94N8O15/c1-8-16-41(68)46(55(78)62-26-23-42(69)48(62)35(7)65)60-53(76)47(50(73)49(72)36-19-21-37(66)22-20-36)61-52(75)40-28-38(67)30-63(40)54(77)45(34(6)64)59-51(74)39(29-43(70)33(5)57-25-24-56)58-44(71)18-15-13-11-10-12-14-17-32(4)27-31(3)9-2/h19-22,31-34,38-43,45-50,57,64,66-70,72-73H,8-18,23-30,56H2,1-7H3,(H,58,71)(H,59,74)(H,60,76)(H,61,75)/t31?,32?,33-,34+,38+,39-,40-,41+,42-,43+,45-,46-,47-,48+,49-,50-/m0/s1. The van der Waals surface area contributed by atoms with E-state index >= 15 is 0 Å². The maximum Gasteiger partial charge on any atom is 0.248 e. The summed E-state index contributed by atoms with van der Waals surface area (Å²) in [6, 6.07) is -5.92. The SMILES string of the molecule is CCC[C@@H](O)[C@H](NC(=O)[C@@H](NC(=O)[C@@H]1C[C@@H](O)CN1C(=O)[C@@H](NC(=O)[C@H](C[C@@H](O)[C@H](C)NCCN)NC(=O)CCCCCCCCC(C)CC(C)CC)[C@@H](C)O)[C@H](O)[C@@H](O)c1ccc(O)cc1)C(=O)N1CC[C@H](O)[C@H]1C(C)=O. The number of hydrogen-bond donors (Lipinski definition) is 14. The highest BCUT2D eigenvalue weighted by atomic mass is 16.3. The van der Waals surface area contributed by atoms with Crippen LogP contribution in [-0.4, -0.2) is 197 Å². The Balaban J connectivity index is 1.87. The molecule has 2 heterocycles. The summed E-state index contributed by atoms with van der Waals surface area (Å²) in [6.45, 7) is 12.5. The number of Topliss-reactive ketones (excluding diaryl/α,β-unsaturated/α-hetero) is 1. The first-order valence-electron chi connectivity index (χ1n) is 28.2. The van der Waals surface area contributed by atoms with Gasteiger partial charge in [-0.3, -0.25) is 33.6 Å². The van der Waals surface area contributed by atoms with Crippen molar-refractivity contribution >= 4 is 41.2 Å². The summed E-state index contributed by atoms with van der Waals surface area (Å²) >= 11 is 0. The van der Waals surface area contributed by atoms with Crippen molar-refractivity contribution in [2.75, 3.05) is 26.2 Å². The summed E-state index contributed by atoms with van der Waals surface area (Å²) < 4.78 is 0. The third kappa shape index (κ3) is 20.7. The van der Waals surface area contributed by atoms with Crippen molar-refractivity contribution in [3.63, 3.8) is 0 Å². The van der Waals surface area contributed by atoms with Crippen LogP contribution in [0.1, 0.15) is 156 Å². The van der Waals surface area contributed by atoms with Gasteiger partial charge >= 0.3 is 0 Å². The fourth-order valence-electron chi connectivity index (χ4n) is 10.3. The molecule has 0 spiro atoms. The molecule has 2 aliphatic heterocycles. The topological polar surface area (TPSA) is 374 Å². The van der Waals surface area contributed by atoms with E-state index in [-0.39, 0.29) is 50.1 Å². The Hall–Kier alpha value is -4.85. The van der Waals surface area contributed by atoms with Crippen molar-refractivity contribution in [1.29, 1.82) is 0 Å². The summed E-state index contributed by atoms with van der Waals surface area (Å²) in [5.74, 6) is -5.33. The van der Waals surface area contributed by atoms with E-state index in [1.54, 1.807) is 13.8 Å². The number of phenols is 1. The number of β-amino-alcohol motifs (C(OH)–C–C–N with tert-alkyl or cyclic N) is 1. The second kappa shape index (κ2) is 33.7. The van der Waals surface area contributed by atoms with Crippen LogP contribution in [0, 0.1) is 11.8 Å². The number of unbranched alkanes of at least 4 members (excludes halogenated alkanes) is 5. The largest absolute Gasteiger partial charge is 0.508 e. The fourth-order valence-corrected chi connectivity index (χ4v) is 10.3. The molecule has 0 aromatic heterocycles. The zero-order valence-corrected chi connectivity index (χ0v) is 46.9. The lowest BCUT2D eigenvalue weighted by Crippen LogP contribution is -2.64. The maximum absolute atomic E-state index is 14.5. The molecule has 0 aliphatic carbocycles. The number of nitrogens with zero attached hydrogens (tertiary/aromatic N) is 2. The highest BCUT2D eigenvalue weighted by Crippen LogP contribution is 2.27. The molecule has 2 aliphatic rings. The fraction of sp³-hybridized carbons (Fsp3) is 0.764. The van der Waals surface area contributed by atoms with E-state index in [4.69, 9.17) is 5.73 Å². The third-order valence-electron chi connectivity index (χ3n) is 15.2. The number of aliphatic hydroxyl groups is 7. The van der Waals surface area contributed by atoms with E-state index in [0.717, 1.165) is 41.9 Å². The first-order valence-corrected chi connectivity index (χ1v) is 28.2. The molecule has 0 saturated carbocycles. The van der Waals surface area contributed by atoms with E-state index in [9.17, 15) is 74.4 Å². The van der Waals surface area contributed by atoms with E-state index in [1.165, 1.54) is 57.4 Å². The number of ketones is 1. The van der Waals surface area contributed by atoms with Crippen LogP contribution in [0.3, 0.4) is 0 Å². The highest BCUT2D eigenvalue weighted by molar-refractivity contribution is 5.98. The van der Waals surface area contributed by atoms with Crippen LogP contribution in [0.25, 0.3) is 0 Å². The molecule has 2 unspecified atom stereocenters. The molecule has 1 aromatic carbocycles. The molecule has 0 bridgehead atoms. The Kier molecular flexibility index (Phi) is 29.1. The van der Waals surface area contributed by atoms with Crippen LogP contribution in [0.2, 0.25) is 0 Å². The molecule has 3 rings (SSSR count). The minimum atomic E-state index is -2.24. The number of carbonyl (C=O) groups is 7. The molecule has 23 heteroatoms. The van der Waals surface area contributed by atoms with Gasteiger partial charge in [0.15, 0.2) is 5.78 Å². The van der Waals surface area contributed by atoms with Gasteiger partial charge in [0.2, 0.25) is 35.4 Å². The van der Waals surface area contributed by atoms with Gasteiger partial charge in [0.25, 0.3) is 0 Å². The summed E-state index contributed by atoms with van der Waals surface area (Å²) in [5.41, 5.74) is 5.60. The second-order valence-corrected chi connectivity index (χ2v) is 21.9. The summed E-state index contributed by atoms with van der Waals surface area (Å²) in [7, 11) is 0. The molecule has 78 heavy (non-hydrogen) atoms. The average molecular weight is 1110 g/mol. The highest BCUT2D eigenvalue weighted by Gasteiger charge is 2.47.